The van der Waals surface area contributed by atoms with Crippen molar-refractivity contribution in [2.75, 3.05) is 20.1 Å². The maximum absolute atomic E-state index is 12.9. The molecule has 23 heavy (non-hydrogen) atoms. The van der Waals surface area contributed by atoms with Gasteiger partial charge in [0.2, 0.25) is 5.91 Å². The highest BCUT2D eigenvalue weighted by Gasteiger charge is 2.36. The van der Waals surface area contributed by atoms with Crippen molar-refractivity contribution < 1.29 is 4.79 Å². The van der Waals surface area contributed by atoms with Crippen molar-refractivity contribution in [3.8, 4) is 0 Å². The Balaban J connectivity index is 1.69. The quantitative estimate of drug-likeness (QED) is 0.935. The van der Waals surface area contributed by atoms with Crippen LogP contribution in [-0.2, 0) is 18.4 Å². The zero-order chi connectivity index (χ0) is 16.4. The first kappa shape index (κ1) is 15.7. The minimum Gasteiger partial charge on any atom is -0.341 e. The first-order valence-corrected chi connectivity index (χ1v) is 8.04. The second kappa shape index (κ2) is 6.54. The summed E-state index contributed by atoms with van der Waals surface area (Å²) in [6, 6.07) is 8.35. The Bertz CT molecular complexity index is 677. The minimum atomic E-state index is -0.0188. The van der Waals surface area contributed by atoms with E-state index in [2.05, 4.69) is 41.6 Å². The molecule has 3 rings (SSSR count). The van der Waals surface area contributed by atoms with E-state index in [1.807, 2.05) is 31.4 Å². The van der Waals surface area contributed by atoms with Gasteiger partial charge in [-0.05, 0) is 18.1 Å². The van der Waals surface area contributed by atoms with E-state index in [0.717, 1.165) is 24.2 Å². The molecule has 0 aliphatic carbocycles. The van der Waals surface area contributed by atoms with E-state index < -0.39 is 0 Å². The van der Waals surface area contributed by atoms with Crippen molar-refractivity contribution in [1.82, 2.24) is 20.0 Å². The van der Waals surface area contributed by atoms with Crippen LogP contribution in [0.4, 0.5) is 0 Å². The molecule has 1 aromatic carbocycles. The van der Waals surface area contributed by atoms with Crippen molar-refractivity contribution in [3.05, 3.63) is 53.3 Å². The summed E-state index contributed by atoms with van der Waals surface area (Å²) in [5.74, 6) is 0.385. The summed E-state index contributed by atoms with van der Waals surface area (Å²) in [5.41, 5.74) is 3.54. The van der Waals surface area contributed by atoms with Gasteiger partial charge in [-0.25, -0.2) is 0 Å². The Morgan fingerprint density at radius 2 is 2.09 bits per heavy atom. The lowest BCUT2D eigenvalue weighted by atomic mass is 9.90. The molecule has 1 aliphatic rings. The minimum absolute atomic E-state index is 0.0188. The highest BCUT2D eigenvalue weighted by molar-refractivity contribution is 5.80. The van der Waals surface area contributed by atoms with E-state index >= 15 is 0 Å². The molecule has 1 aromatic heterocycles. The van der Waals surface area contributed by atoms with Crippen LogP contribution in [0.25, 0.3) is 0 Å². The van der Waals surface area contributed by atoms with Gasteiger partial charge in [-0.1, -0.05) is 29.8 Å². The van der Waals surface area contributed by atoms with Crippen LogP contribution in [0, 0.1) is 12.8 Å². The summed E-state index contributed by atoms with van der Waals surface area (Å²) in [5, 5.41) is 7.59. The molecule has 1 saturated heterocycles. The number of aromatic nitrogens is 2. The molecule has 1 amide bonds. The fraction of sp³-hybridized carbons (Fsp3) is 0.444. The van der Waals surface area contributed by atoms with Crippen LogP contribution in [0.15, 0.2) is 36.7 Å². The molecule has 2 atom stereocenters. The normalized spacial score (nSPS) is 20.7. The number of benzene rings is 1. The highest BCUT2D eigenvalue weighted by atomic mass is 16.2. The first-order valence-electron chi connectivity index (χ1n) is 8.04. The van der Waals surface area contributed by atoms with Gasteiger partial charge in [-0.2, -0.15) is 5.10 Å². The largest absolute Gasteiger partial charge is 0.341 e. The predicted octanol–water partition coefficient (Wildman–Crippen LogP) is 1.69. The van der Waals surface area contributed by atoms with Gasteiger partial charge in [0, 0.05) is 45.8 Å². The van der Waals surface area contributed by atoms with Crippen LogP contribution in [0.5, 0.6) is 0 Å². The Morgan fingerprint density at radius 1 is 1.35 bits per heavy atom. The molecule has 0 bridgehead atoms. The van der Waals surface area contributed by atoms with Crippen LogP contribution >= 0.6 is 0 Å². The van der Waals surface area contributed by atoms with Gasteiger partial charge in [0.05, 0.1) is 12.1 Å². The Hall–Kier alpha value is -2.14. The molecule has 0 radical (unpaired) electrons. The van der Waals surface area contributed by atoms with Crippen LogP contribution in [0.2, 0.25) is 0 Å². The predicted molar refractivity (Wildman–Crippen MR) is 90.0 cm³/mol. The van der Waals surface area contributed by atoms with Gasteiger partial charge in [-0.15, -0.1) is 0 Å². The Labute approximate surface area is 137 Å². The van der Waals surface area contributed by atoms with Crippen molar-refractivity contribution in [3.63, 3.8) is 0 Å². The van der Waals surface area contributed by atoms with Crippen LogP contribution in [0.3, 0.4) is 0 Å². The van der Waals surface area contributed by atoms with Gasteiger partial charge in [0.25, 0.3) is 0 Å². The number of carbonyl (C=O) groups is 1. The number of carbonyl (C=O) groups excluding carboxylic acids is 1. The van der Waals surface area contributed by atoms with Gasteiger partial charge < -0.3 is 10.2 Å². The second-order valence-corrected chi connectivity index (χ2v) is 6.50. The number of nitrogens with zero attached hydrogens (tertiary/aromatic N) is 3. The summed E-state index contributed by atoms with van der Waals surface area (Å²) < 4.78 is 1.80. The van der Waals surface area contributed by atoms with Gasteiger partial charge in [0.15, 0.2) is 0 Å². The lowest BCUT2D eigenvalue weighted by Crippen LogP contribution is -2.35. The molecule has 1 N–H and O–H groups in total. The molecule has 0 unspecified atom stereocenters. The second-order valence-electron chi connectivity index (χ2n) is 6.50. The summed E-state index contributed by atoms with van der Waals surface area (Å²) in [7, 11) is 3.80. The van der Waals surface area contributed by atoms with Gasteiger partial charge in [0.1, 0.15) is 0 Å². The van der Waals surface area contributed by atoms with Crippen LogP contribution in [-0.4, -0.2) is 40.7 Å². The average molecular weight is 312 g/mol. The lowest BCUT2D eigenvalue weighted by molar-refractivity contribution is -0.134. The number of hydrogen-bond donors (Lipinski definition) is 1. The van der Waals surface area contributed by atoms with Crippen molar-refractivity contribution >= 4 is 5.91 Å². The molecular weight excluding hydrogens is 288 g/mol. The van der Waals surface area contributed by atoms with Gasteiger partial charge >= 0.3 is 0 Å². The molecular formula is C18H24N4O. The standard InChI is InChI=1S/C18H24N4O/c1-13-4-6-14(7-5-13)11-21(2)18(23)17-10-19-9-16(17)15-8-20-22(3)12-15/h4-8,12,16-17,19H,9-11H2,1-3H3/t16-,17+/m1/s1. The average Bonchev–Trinajstić information content (AvgIpc) is 3.17. The smallest absolute Gasteiger partial charge is 0.227 e. The summed E-state index contributed by atoms with van der Waals surface area (Å²) in [6.45, 7) is 4.29. The van der Waals surface area contributed by atoms with E-state index in [0.29, 0.717) is 6.54 Å². The van der Waals surface area contributed by atoms with E-state index in [4.69, 9.17) is 0 Å². The molecule has 0 spiro atoms. The third-order valence-electron chi connectivity index (χ3n) is 4.60. The van der Waals surface area contributed by atoms with Crippen LogP contribution in [0.1, 0.15) is 22.6 Å². The molecule has 2 aromatic rings. The number of amides is 1. The van der Waals surface area contributed by atoms with E-state index in [1.165, 1.54) is 5.56 Å². The molecule has 0 saturated carbocycles. The SMILES string of the molecule is Cc1ccc(CN(C)C(=O)[C@H]2CNC[C@@H]2c2cnn(C)c2)cc1. The number of aryl methyl sites for hydroxylation is 2. The molecule has 1 aliphatic heterocycles. The lowest BCUT2D eigenvalue weighted by Gasteiger charge is -2.24. The molecule has 1 fully saturated rings. The van der Waals surface area contributed by atoms with Crippen molar-refractivity contribution in [2.45, 2.75) is 19.4 Å². The maximum Gasteiger partial charge on any atom is 0.227 e. The zero-order valence-corrected chi connectivity index (χ0v) is 14.0. The summed E-state index contributed by atoms with van der Waals surface area (Å²) in [6.07, 6.45) is 3.88. The highest BCUT2D eigenvalue weighted by Crippen LogP contribution is 2.29. The van der Waals surface area contributed by atoms with Gasteiger partial charge in [-0.3, -0.25) is 9.48 Å². The fourth-order valence-electron chi connectivity index (χ4n) is 3.25. The molecule has 5 heteroatoms. The number of nitrogens with one attached hydrogen (secondary N) is 1. The summed E-state index contributed by atoms with van der Waals surface area (Å²) in [4.78, 5) is 14.7. The Kier molecular flexibility index (Phi) is 4.48. The monoisotopic (exact) mass is 312 g/mol. The molecule has 5 nitrogen and oxygen atoms in total. The summed E-state index contributed by atoms with van der Waals surface area (Å²) >= 11 is 0. The Morgan fingerprint density at radius 3 is 2.74 bits per heavy atom. The van der Waals surface area contributed by atoms with Crippen LogP contribution < -0.4 is 5.32 Å². The van der Waals surface area contributed by atoms with Crippen molar-refractivity contribution in [2.24, 2.45) is 13.0 Å². The third kappa shape index (κ3) is 3.45. The van der Waals surface area contributed by atoms with E-state index in [9.17, 15) is 4.79 Å². The van der Waals surface area contributed by atoms with Crippen molar-refractivity contribution in [1.29, 1.82) is 0 Å². The molecule has 122 valence electrons. The number of hydrogen-bond acceptors (Lipinski definition) is 3. The first-order chi connectivity index (χ1) is 11.0. The van der Waals surface area contributed by atoms with E-state index in [-0.39, 0.29) is 17.7 Å². The zero-order valence-electron chi connectivity index (χ0n) is 14.0. The maximum atomic E-state index is 12.9. The fourth-order valence-corrected chi connectivity index (χ4v) is 3.25. The molecule has 2 heterocycles. The third-order valence-corrected chi connectivity index (χ3v) is 4.60. The topological polar surface area (TPSA) is 50.2 Å². The van der Waals surface area contributed by atoms with E-state index in [1.54, 1.807) is 4.68 Å². The number of rotatable bonds is 4.